The molecule has 2 aliphatic rings. The fourth-order valence-corrected chi connectivity index (χ4v) is 4.59. The molecular formula is C22H26N10. The highest BCUT2D eigenvalue weighted by molar-refractivity contribution is 5.89. The van der Waals surface area contributed by atoms with Gasteiger partial charge in [-0.3, -0.25) is 5.10 Å². The Bertz CT molecular complexity index is 1260. The number of nitrogens with one attached hydrogen (secondary N) is 2. The first-order valence-corrected chi connectivity index (χ1v) is 11.1. The smallest absolute Gasteiger partial charge is 0.226 e. The van der Waals surface area contributed by atoms with E-state index in [1.807, 2.05) is 18.6 Å². The summed E-state index contributed by atoms with van der Waals surface area (Å²) in [4.78, 5) is 23.2. The summed E-state index contributed by atoms with van der Waals surface area (Å²) in [6.45, 7) is 9.63. The first-order valence-electron chi connectivity index (χ1n) is 11.1. The average molecular weight is 431 g/mol. The SMILES string of the molecule is Cc1cnc2n1CCN(c1ncc3[nH]nc(-c4ccc(N5CCNC(C)C5)nc4)c3n1)C2. The van der Waals surface area contributed by atoms with Gasteiger partial charge in [-0.15, -0.1) is 0 Å². The largest absolute Gasteiger partial charge is 0.354 e. The Kier molecular flexibility index (Phi) is 4.53. The molecule has 1 atom stereocenters. The number of fused-ring (bicyclic) bond motifs is 2. The molecule has 6 heterocycles. The van der Waals surface area contributed by atoms with E-state index < -0.39 is 0 Å². The van der Waals surface area contributed by atoms with E-state index in [2.05, 4.69) is 65.8 Å². The van der Waals surface area contributed by atoms with Crippen molar-refractivity contribution in [3.63, 3.8) is 0 Å². The van der Waals surface area contributed by atoms with Crippen LogP contribution in [0.4, 0.5) is 11.8 Å². The Morgan fingerprint density at radius 3 is 2.78 bits per heavy atom. The number of H-pyrrole nitrogens is 1. The molecule has 4 aromatic heterocycles. The molecule has 2 N–H and O–H groups in total. The first kappa shape index (κ1) is 19.2. The van der Waals surface area contributed by atoms with E-state index in [0.29, 0.717) is 18.5 Å². The van der Waals surface area contributed by atoms with Crippen molar-refractivity contribution in [3.05, 3.63) is 42.2 Å². The van der Waals surface area contributed by atoms with Crippen molar-refractivity contribution >= 4 is 22.8 Å². The van der Waals surface area contributed by atoms with Gasteiger partial charge in [0.1, 0.15) is 28.4 Å². The highest BCUT2D eigenvalue weighted by Crippen LogP contribution is 2.27. The summed E-state index contributed by atoms with van der Waals surface area (Å²) in [5.41, 5.74) is 4.56. The normalized spacial score (nSPS) is 18.9. The minimum Gasteiger partial charge on any atom is -0.354 e. The summed E-state index contributed by atoms with van der Waals surface area (Å²) in [5.74, 6) is 2.75. The van der Waals surface area contributed by atoms with Crippen molar-refractivity contribution in [2.24, 2.45) is 0 Å². The van der Waals surface area contributed by atoms with Crippen molar-refractivity contribution in [3.8, 4) is 11.3 Å². The molecule has 0 radical (unpaired) electrons. The Balaban J connectivity index is 1.29. The van der Waals surface area contributed by atoms with Crippen LogP contribution in [0.3, 0.4) is 0 Å². The minimum absolute atomic E-state index is 0.465. The Morgan fingerprint density at radius 1 is 1.00 bits per heavy atom. The molecule has 0 spiro atoms. The fraction of sp³-hybridized carbons (Fsp3) is 0.409. The van der Waals surface area contributed by atoms with Crippen LogP contribution in [-0.2, 0) is 13.1 Å². The zero-order valence-electron chi connectivity index (χ0n) is 18.3. The van der Waals surface area contributed by atoms with Crippen LogP contribution in [0.1, 0.15) is 18.4 Å². The maximum Gasteiger partial charge on any atom is 0.226 e. The van der Waals surface area contributed by atoms with Crippen molar-refractivity contribution in [1.82, 2.24) is 40.0 Å². The van der Waals surface area contributed by atoms with E-state index in [0.717, 1.165) is 66.7 Å². The molecule has 0 aliphatic carbocycles. The lowest BCUT2D eigenvalue weighted by atomic mass is 10.2. The minimum atomic E-state index is 0.465. The molecule has 32 heavy (non-hydrogen) atoms. The molecule has 0 aromatic carbocycles. The number of hydrogen-bond acceptors (Lipinski definition) is 8. The summed E-state index contributed by atoms with van der Waals surface area (Å²) in [5, 5.41) is 11.0. The Hall–Kier alpha value is -3.53. The molecule has 1 saturated heterocycles. The molecular weight excluding hydrogens is 404 g/mol. The van der Waals surface area contributed by atoms with E-state index in [1.54, 1.807) is 0 Å². The molecule has 0 bridgehead atoms. The lowest BCUT2D eigenvalue weighted by molar-refractivity contribution is 0.482. The highest BCUT2D eigenvalue weighted by atomic mass is 15.3. The van der Waals surface area contributed by atoms with Gasteiger partial charge >= 0.3 is 0 Å². The maximum atomic E-state index is 4.87. The number of rotatable bonds is 3. The third kappa shape index (κ3) is 3.27. The summed E-state index contributed by atoms with van der Waals surface area (Å²) < 4.78 is 2.25. The lowest BCUT2D eigenvalue weighted by Gasteiger charge is -2.32. The van der Waals surface area contributed by atoms with Crippen molar-refractivity contribution in [2.75, 3.05) is 36.0 Å². The Labute approximate surface area is 185 Å². The van der Waals surface area contributed by atoms with Crippen molar-refractivity contribution < 1.29 is 0 Å². The molecule has 1 fully saturated rings. The van der Waals surface area contributed by atoms with Crippen LogP contribution in [-0.4, -0.2) is 66.9 Å². The second-order valence-electron chi connectivity index (χ2n) is 8.60. The lowest BCUT2D eigenvalue weighted by Crippen LogP contribution is -2.49. The average Bonchev–Trinajstić information content (AvgIpc) is 3.42. The second-order valence-corrected chi connectivity index (χ2v) is 8.60. The van der Waals surface area contributed by atoms with E-state index in [4.69, 9.17) is 9.97 Å². The summed E-state index contributed by atoms with van der Waals surface area (Å²) in [6.07, 6.45) is 5.62. The number of nitrogens with zero attached hydrogens (tertiary/aromatic N) is 8. The van der Waals surface area contributed by atoms with Gasteiger partial charge in [-0.1, -0.05) is 0 Å². The van der Waals surface area contributed by atoms with Crippen LogP contribution in [0.15, 0.2) is 30.7 Å². The number of aromatic nitrogens is 7. The predicted molar refractivity (Wildman–Crippen MR) is 123 cm³/mol. The van der Waals surface area contributed by atoms with Gasteiger partial charge in [-0.25, -0.2) is 19.9 Å². The van der Waals surface area contributed by atoms with Gasteiger partial charge in [-0.2, -0.15) is 5.10 Å². The fourth-order valence-electron chi connectivity index (χ4n) is 4.59. The van der Waals surface area contributed by atoms with Crippen LogP contribution < -0.4 is 15.1 Å². The van der Waals surface area contributed by atoms with Gasteiger partial charge in [0.25, 0.3) is 0 Å². The van der Waals surface area contributed by atoms with Gasteiger partial charge < -0.3 is 19.7 Å². The zero-order chi connectivity index (χ0) is 21.7. The molecule has 10 nitrogen and oxygen atoms in total. The molecule has 1 unspecified atom stereocenters. The molecule has 6 rings (SSSR count). The monoisotopic (exact) mass is 430 g/mol. The number of anilines is 2. The van der Waals surface area contributed by atoms with Crippen LogP contribution in [0, 0.1) is 6.92 Å². The van der Waals surface area contributed by atoms with Crippen LogP contribution in [0.5, 0.6) is 0 Å². The van der Waals surface area contributed by atoms with E-state index >= 15 is 0 Å². The Morgan fingerprint density at radius 2 is 1.94 bits per heavy atom. The van der Waals surface area contributed by atoms with Crippen LogP contribution in [0.2, 0.25) is 0 Å². The highest BCUT2D eigenvalue weighted by Gasteiger charge is 2.22. The van der Waals surface area contributed by atoms with Gasteiger partial charge in [-0.05, 0) is 26.0 Å². The second kappa shape index (κ2) is 7.56. The summed E-state index contributed by atoms with van der Waals surface area (Å²) in [7, 11) is 0. The molecule has 0 saturated carbocycles. The number of aromatic amines is 1. The molecule has 0 amide bonds. The van der Waals surface area contributed by atoms with Gasteiger partial charge in [0.05, 0.1) is 12.7 Å². The van der Waals surface area contributed by atoms with Crippen molar-refractivity contribution in [2.45, 2.75) is 33.0 Å². The van der Waals surface area contributed by atoms with Crippen LogP contribution >= 0.6 is 0 Å². The summed E-state index contributed by atoms with van der Waals surface area (Å²) in [6, 6.07) is 4.61. The molecule has 2 aliphatic heterocycles. The first-order chi connectivity index (χ1) is 15.7. The number of imidazole rings is 1. The standard InChI is InChI=1S/C22H26N10/c1-14-12-30(6-5-23-14)18-4-3-16(10-25-18)20-21-17(28-29-20)11-26-22(27-21)31-7-8-32-15(2)9-24-19(32)13-31/h3-4,9-11,14,23H,5-8,12-13H2,1-2H3,(H,28,29). The third-order valence-corrected chi connectivity index (χ3v) is 6.35. The molecule has 164 valence electrons. The van der Waals surface area contributed by atoms with E-state index in [-0.39, 0.29) is 0 Å². The molecule has 4 aromatic rings. The van der Waals surface area contributed by atoms with Gasteiger partial charge in [0.15, 0.2) is 0 Å². The zero-order valence-corrected chi connectivity index (χ0v) is 18.3. The number of aryl methyl sites for hydroxylation is 1. The predicted octanol–water partition coefficient (Wildman–Crippen LogP) is 1.74. The maximum absolute atomic E-state index is 4.87. The number of pyridine rings is 1. The third-order valence-electron chi connectivity index (χ3n) is 6.35. The van der Waals surface area contributed by atoms with E-state index in [9.17, 15) is 0 Å². The van der Waals surface area contributed by atoms with Crippen LogP contribution in [0.25, 0.3) is 22.3 Å². The van der Waals surface area contributed by atoms with Gasteiger partial charge in [0, 0.05) is 62.4 Å². The number of piperazine rings is 1. The van der Waals surface area contributed by atoms with Crippen molar-refractivity contribution in [1.29, 1.82) is 0 Å². The quantitative estimate of drug-likeness (QED) is 0.507. The summed E-state index contributed by atoms with van der Waals surface area (Å²) >= 11 is 0. The van der Waals surface area contributed by atoms with Gasteiger partial charge in [0.2, 0.25) is 5.95 Å². The topological polar surface area (TPSA) is 104 Å². The number of hydrogen-bond donors (Lipinski definition) is 2. The molecule has 10 heteroatoms. The van der Waals surface area contributed by atoms with E-state index in [1.165, 1.54) is 5.69 Å².